The van der Waals surface area contributed by atoms with Crippen molar-refractivity contribution in [3.05, 3.63) is 30.6 Å². The highest BCUT2D eigenvalue weighted by Gasteiger charge is 2.14. The molecule has 0 fully saturated rings. The molecule has 1 heterocycles. The van der Waals surface area contributed by atoms with Gasteiger partial charge in [-0.15, -0.1) is 0 Å². The van der Waals surface area contributed by atoms with E-state index in [2.05, 4.69) is 10.4 Å². The Hall–Kier alpha value is -2.70. The van der Waals surface area contributed by atoms with Crippen molar-refractivity contribution < 1.29 is 19.0 Å². The standard InChI is InChI=1S/C14H17N3O4/c1-19-11-7-10(8-12(20-2)14(11)21-3)16-13(18)9-17-6-4-5-15-17/h4-8H,9H2,1-3H3,(H,16,18). The van der Waals surface area contributed by atoms with Crippen LogP contribution >= 0.6 is 0 Å². The van der Waals surface area contributed by atoms with Gasteiger partial charge in [-0.25, -0.2) is 0 Å². The van der Waals surface area contributed by atoms with Gasteiger partial charge in [-0.05, 0) is 6.07 Å². The van der Waals surface area contributed by atoms with Crippen molar-refractivity contribution in [2.45, 2.75) is 6.54 Å². The van der Waals surface area contributed by atoms with Crippen molar-refractivity contribution in [3.8, 4) is 17.2 Å². The van der Waals surface area contributed by atoms with Gasteiger partial charge in [0.05, 0.1) is 21.3 Å². The Morgan fingerprint density at radius 3 is 2.33 bits per heavy atom. The molecule has 7 nitrogen and oxygen atoms in total. The van der Waals surface area contributed by atoms with E-state index >= 15 is 0 Å². The summed E-state index contributed by atoms with van der Waals surface area (Å²) in [5.74, 6) is 1.23. The van der Waals surface area contributed by atoms with Crippen LogP contribution in [0.3, 0.4) is 0 Å². The topological polar surface area (TPSA) is 74.6 Å². The van der Waals surface area contributed by atoms with Crippen molar-refractivity contribution >= 4 is 11.6 Å². The molecular weight excluding hydrogens is 274 g/mol. The van der Waals surface area contributed by atoms with Crippen LogP contribution in [0.2, 0.25) is 0 Å². The third-order valence-electron chi connectivity index (χ3n) is 2.81. The number of carbonyl (C=O) groups is 1. The lowest BCUT2D eigenvalue weighted by atomic mass is 10.2. The molecule has 1 amide bonds. The van der Waals surface area contributed by atoms with Gasteiger partial charge in [0.1, 0.15) is 6.54 Å². The van der Waals surface area contributed by atoms with Crippen LogP contribution in [-0.4, -0.2) is 37.0 Å². The van der Waals surface area contributed by atoms with Crippen molar-refractivity contribution in [2.75, 3.05) is 26.6 Å². The van der Waals surface area contributed by atoms with E-state index in [4.69, 9.17) is 14.2 Å². The predicted octanol–water partition coefficient (Wildman–Crippen LogP) is 1.55. The van der Waals surface area contributed by atoms with Gasteiger partial charge < -0.3 is 19.5 Å². The van der Waals surface area contributed by atoms with Gasteiger partial charge in [-0.2, -0.15) is 5.10 Å². The molecule has 0 saturated heterocycles. The van der Waals surface area contributed by atoms with Crippen molar-refractivity contribution in [3.63, 3.8) is 0 Å². The fourth-order valence-corrected chi connectivity index (χ4v) is 1.89. The Kier molecular flexibility index (Phi) is 4.65. The molecule has 112 valence electrons. The second-order valence-electron chi connectivity index (χ2n) is 4.17. The number of methoxy groups -OCH3 is 3. The van der Waals surface area contributed by atoms with Crippen molar-refractivity contribution in [1.29, 1.82) is 0 Å². The number of amides is 1. The van der Waals surface area contributed by atoms with Crippen LogP contribution < -0.4 is 19.5 Å². The van der Waals surface area contributed by atoms with Crippen LogP contribution in [0.25, 0.3) is 0 Å². The van der Waals surface area contributed by atoms with Crippen LogP contribution in [0, 0.1) is 0 Å². The predicted molar refractivity (Wildman–Crippen MR) is 77.0 cm³/mol. The molecule has 21 heavy (non-hydrogen) atoms. The highest BCUT2D eigenvalue weighted by atomic mass is 16.5. The smallest absolute Gasteiger partial charge is 0.246 e. The summed E-state index contributed by atoms with van der Waals surface area (Å²) in [4.78, 5) is 11.9. The molecule has 0 aliphatic rings. The minimum absolute atomic E-state index is 0.129. The zero-order valence-corrected chi connectivity index (χ0v) is 12.1. The number of nitrogens with zero attached hydrogens (tertiary/aromatic N) is 2. The Labute approximate surface area is 122 Å². The molecule has 1 aromatic heterocycles. The van der Waals surface area contributed by atoms with Crippen molar-refractivity contribution in [1.82, 2.24) is 9.78 Å². The molecule has 0 aliphatic carbocycles. The number of hydrogen-bond acceptors (Lipinski definition) is 5. The molecule has 0 radical (unpaired) electrons. The maximum Gasteiger partial charge on any atom is 0.246 e. The Balaban J connectivity index is 2.17. The van der Waals surface area contributed by atoms with Gasteiger partial charge in [0, 0.05) is 30.2 Å². The number of anilines is 1. The van der Waals surface area contributed by atoms with E-state index in [1.54, 1.807) is 30.6 Å². The summed E-state index contributed by atoms with van der Waals surface area (Å²) >= 11 is 0. The second kappa shape index (κ2) is 6.65. The molecule has 0 bridgehead atoms. The second-order valence-corrected chi connectivity index (χ2v) is 4.17. The van der Waals surface area contributed by atoms with Gasteiger partial charge in [0.2, 0.25) is 11.7 Å². The number of carbonyl (C=O) groups excluding carboxylic acids is 1. The first-order valence-electron chi connectivity index (χ1n) is 6.25. The van der Waals surface area contributed by atoms with Crippen LogP contribution in [0.1, 0.15) is 0 Å². The highest BCUT2D eigenvalue weighted by molar-refractivity contribution is 5.91. The summed E-state index contributed by atoms with van der Waals surface area (Å²) in [5, 5.41) is 6.74. The fourth-order valence-electron chi connectivity index (χ4n) is 1.89. The maximum absolute atomic E-state index is 11.9. The van der Waals surface area contributed by atoms with E-state index in [9.17, 15) is 4.79 Å². The molecule has 0 atom stereocenters. The first-order chi connectivity index (χ1) is 10.2. The van der Waals surface area contributed by atoms with E-state index in [0.717, 1.165) is 0 Å². The lowest BCUT2D eigenvalue weighted by Crippen LogP contribution is -2.19. The average Bonchev–Trinajstić information content (AvgIpc) is 2.98. The number of nitrogens with one attached hydrogen (secondary N) is 1. The zero-order chi connectivity index (χ0) is 15.2. The van der Waals surface area contributed by atoms with Crippen molar-refractivity contribution in [2.24, 2.45) is 0 Å². The first kappa shape index (κ1) is 14.7. The number of ether oxygens (including phenoxy) is 3. The van der Waals surface area contributed by atoms with Crippen LogP contribution in [0.15, 0.2) is 30.6 Å². The number of rotatable bonds is 6. The van der Waals surface area contributed by atoms with Crippen LogP contribution in [-0.2, 0) is 11.3 Å². The molecule has 0 unspecified atom stereocenters. The summed E-state index contributed by atoms with van der Waals surface area (Å²) in [6.07, 6.45) is 3.33. The zero-order valence-electron chi connectivity index (χ0n) is 12.1. The largest absolute Gasteiger partial charge is 0.493 e. The lowest BCUT2D eigenvalue weighted by molar-refractivity contribution is -0.116. The molecule has 2 rings (SSSR count). The van der Waals surface area contributed by atoms with Crippen LogP contribution in [0.4, 0.5) is 5.69 Å². The third kappa shape index (κ3) is 3.44. The number of hydrogen-bond donors (Lipinski definition) is 1. The van der Waals surface area contributed by atoms with E-state index in [1.165, 1.54) is 26.0 Å². The number of benzene rings is 1. The summed E-state index contributed by atoms with van der Waals surface area (Å²) < 4.78 is 17.2. The third-order valence-corrected chi connectivity index (χ3v) is 2.81. The molecule has 7 heteroatoms. The van der Waals surface area contributed by atoms with Gasteiger partial charge in [0.15, 0.2) is 11.5 Å². The molecule has 1 N–H and O–H groups in total. The Morgan fingerprint density at radius 1 is 1.19 bits per heavy atom. The fraction of sp³-hybridized carbons (Fsp3) is 0.286. The molecule has 1 aromatic carbocycles. The molecular formula is C14H17N3O4. The monoisotopic (exact) mass is 291 g/mol. The minimum Gasteiger partial charge on any atom is -0.493 e. The summed E-state index contributed by atoms with van der Waals surface area (Å²) in [6, 6.07) is 5.09. The molecule has 0 saturated carbocycles. The molecule has 0 spiro atoms. The summed E-state index contributed by atoms with van der Waals surface area (Å²) in [6.45, 7) is 0.129. The van der Waals surface area contributed by atoms with E-state index in [1.807, 2.05) is 0 Å². The average molecular weight is 291 g/mol. The summed E-state index contributed by atoms with van der Waals surface area (Å²) in [5.41, 5.74) is 0.557. The van der Waals surface area contributed by atoms with E-state index in [-0.39, 0.29) is 12.5 Å². The quantitative estimate of drug-likeness (QED) is 0.874. The Morgan fingerprint density at radius 2 is 1.86 bits per heavy atom. The lowest BCUT2D eigenvalue weighted by Gasteiger charge is -2.14. The van der Waals surface area contributed by atoms with Gasteiger partial charge in [0.25, 0.3) is 0 Å². The van der Waals surface area contributed by atoms with Gasteiger partial charge >= 0.3 is 0 Å². The summed E-state index contributed by atoms with van der Waals surface area (Å²) in [7, 11) is 4.57. The van der Waals surface area contributed by atoms with E-state index in [0.29, 0.717) is 22.9 Å². The maximum atomic E-state index is 11.9. The molecule has 2 aromatic rings. The van der Waals surface area contributed by atoms with Gasteiger partial charge in [-0.1, -0.05) is 0 Å². The number of aromatic nitrogens is 2. The van der Waals surface area contributed by atoms with Crippen LogP contribution in [0.5, 0.6) is 17.2 Å². The normalized spacial score (nSPS) is 10.0. The Bertz CT molecular complexity index is 586. The molecule has 0 aliphatic heterocycles. The SMILES string of the molecule is COc1cc(NC(=O)Cn2cccn2)cc(OC)c1OC. The minimum atomic E-state index is -0.201. The first-order valence-corrected chi connectivity index (χ1v) is 6.25. The highest BCUT2D eigenvalue weighted by Crippen LogP contribution is 2.39. The van der Waals surface area contributed by atoms with E-state index < -0.39 is 0 Å². The van der Waals surface area contributed by atoms with Gasteiger partial charge in [-0.3, -0.25) is 9.48 Å².